The molecule has 0 heterocycles. The summed E-state index contributed by atoms with van der Waals surface area (Å²) in [6.45, 7) is 0. The first-order chi connectivity index (χ1) is 5.65. The van der Waals surface area contributed by atoms with Gasteiger partial charge in [-0.1, -0.05) is 11.6 Å². The van der Waals surface area contributed by atoms with Crippen LogP contribution < -0.4 is 0 Å². The molecule has 0 saturated carbocycles. The third-order valence-corrected chi connectivity index (χ3v) is 2.23. The third-order valence-electron chi connectivity index (χ3n) is 1.41. The summed E-state index contributed by atoms with van der Waals surface area (Å²) in [5.74, 6) is 0.0755. The minimum atomic E-state index is 0.0755. The number of aldehydes is 1. The summed E-state index contributed by atoms with van der Waals surface area (Å²) in [6, 6.07) is 3.14. The van der Waals surface area contributed by atoms with E-state index in [4.69, 9.17) is 11.6 Å². The smallest absolute Gasteiger partial charge is 0.133 e. The fraction of sp³-hybridized carbons (Fsp3) is 0.125. The van der Waals surface area contributed by atoms with Crippen LogP contribution in [0.3, 0.4) is 0 Å². The Bertz CT molecular complexity index is 312. The van der Waals surface area contributed by atoms with Gasteiger partial charge in [0.15, 0.2) is 0 Å². The summed E-state index contributed by atoms with van der Waals surface area (Å²) in [7, 11) is 0. The Morgan fingerprint density at radius 3 is 2.83 bits per heavy atom. The Kier molecular flexibility index (Phi) is 3.12. The predicted octanol–water partition coefficient (Wildman–Crippen LogP) is 2.55. The summed E-state index contributed by atoms with van der Waals surface area (Å²) >= 11 is 8.82. The molecule has 0 radical (unpaired) electrons. The van der Waals surface area contributed by atoms with Crippen LogP contribution in [0.25, 0.3) is 0 Å². The van der Waals surface area contributed by atoms with E-state index in [2.05, 4.69) is 15.9 Å². The van der Waals surface area contributed by atoms with Gasteiger partial charge in [-0.2, -0.15) is 0 Å². The van der Waals surface area contributed by atoms with Crippen LogP contribution >= 0.6 is 27.5 Å². The summed E-state index contributed by atoms with van der Waals surface area (Å²) in [6.07, 6.45) is 0.892. The second kappa shape index (κ2) is 3.92. The van der Waals surface area contributed by atoms with Crippen LogP contribution in [0, 0.1) is 0 Å². The lowest BCUT2D eigenvalue weighted by atomic mass is 10.1. The Balaban J connectivity index is 3.17. The van der Waals surface area contributed by atoms with E-state index in [0.717, 1.165) is 6.29 Å². The van der Waals surface area contributed by atoms with Crippen molar-refractivity contribution in [2.45, 2.75) is 6.42 Å². The SMILES string of the molecule is O=CCc1cc(Cl)cc(Br)c1O. The van der Waals surface area contributed by atoms with Crippen LogP contribution in [0.15, 0.2) is 16.6 Å². The lowest BCUT2D eigenvalue weighted by molar-refractivity contribution is -0.107. The Morgan fingerprint density at radius 2 is 2.25 bits per heavy atom. The molecular weight excluding hydrogens is 243 g/mol. The van der Waals surface area contributed by atoms with Crippen LogP contribution in [0.5, 0.6) is 5.75 Å². The molecule has 1 rings (SSSR count). The van der Waals surface area contributed by atoms with Crippen LogP contribution in [0.2, 0.25) is 5.02 Å². The molecule has 0 aromatic heterocycles. The normalized spacial score (nSPS) is 9.83. The predicted molar refractivity (Wildman–Crippen MR) is 50.6 cm³/mol. The largest absolute Gasteiger partial charge is 0.506 e. The first-order valence-electron chi connectivity index (χ1n) is 3.25. The van der Waals surface area contributed by atoms with Crippen molar-refractivity contribution in [3.63, 3.8) is 0 Å². The van der Waals surface area contributed by atoms with Gasteiger partial charge in [-0.05, 0) is 28.1 Å². The highest BCUT2D eigenvalue weighted by atomic mass is 79.9. The summed E-state index contributed by atoms with van der Waals surface area (Å²) < 4.78 is 0.506. The van der Waals surface area contributed by atoms with Crippen LogP contribution in [-0.2, 0) is 11.2 Å². The van der Waals surface area contributed by atoms with Gasteiger partial charge >= 0.3 is 0 Å². The quantitative estimate of drug-likeness (QED) is 0.818. The molecule has 0 atom stereocenters. The number of benzene rings is 1. The number of phenolic OH excluding ortho intramolecular Hbond substituents is 1. The van der Waals surface area contributed by atoms with E-state index in [1.165, 1.54) is 0 Å². The second-order valence-electron chi connectivity index (χ2n) is 2.27. The van der Waals surface area contributed by atoms with Gasteiger partial charge in [0.1, 0.15) is 12.0 Å². The molecule has 0 unspecified atom stereocenters. The molecule has 0 fully saturated rings. The zero-order chi connectivity index (χ0) is 9.14. The standard InChI is InChI=1S/C8H6BrClO2/c9-7-4-6(10)3-5(1-2-11)8(7)12/h2-4,12H,1H2. The lowest BCUT2D eigenvalue weighted by Crippen LogP contribution is -1.87. The molecule has 2 nitrogen and oxygen atoms in total. The highest BCUT2D eigenvalue weighted by molar-refractivity contribution is 9.10. The van der Waals surface area contributed by atoms with E-state index >= 15 is 0 Å². The maximum Gasteiger partial charge on any atom is 0.133 e. The minimum Gasteiger partial charge on any atom is -0.506 e. The van der Waals surface area contributed by atoms with Crippen molar-refractivity contribution >= 4 is 33.8 Å². The van der Waals surface area contributed by atoms with Crippen molar-refractivity contribution < 1.29 is 9.90 Å². The Morgan fingerprint density at radius 1 is 1.58 bits per heavy atom. The number of hydrogen-bond acceptors (Lipinski definition) is 2. The van der Waals surface area contributed by atoms with Crippen molar-refractivity contribution in [3.05, 3.63) is 27.2 Å². The van der Waals surface area contributed by atoms with E-state index in [9.17, 15) is 9.90 Å². The second-order valence-corrected chi connectivity index (χ2v) is 3.56. The van der Waals surface area contributed by atoms with Crippen LogP contribution in [-0.4, -0.2) is 11.4 Å². The number of phenols is 1. The van der Waals surface area contributed by atoms with Gasteiger partial charge in [0.05, 0.1) is 4.47 Å². The zero-order valence-corrected chi connectivity index (χ0v) is 8.39. The molecule has 0 amide bonds. The molecule has 0 aliphatic carbocycles. The molecule has 64 valence electrons. The zero-order valence-electron chi connectivity index (χ0n) is 6.05. The lowest BCUT2D eigenvalue weighted by Gasteiger charge is -2.03. The summed E-state index contributed by atoms with van der Waals surface area (Å²) in [5, 5.41) is 9.89. The van der Waals surface area contributed by atoms with Crippen molar-refractivity contribution in [3.8, 4) is 5.75 Å². The number of rotatable bonds is 2. The van der Waals surface area contributed by atoms with Gasteiger partial charge in [-0.15, -0.1) is 0 Å². The Hall–Kier alpha value is -0.540. The molecule has 0 aliphatic heterocycles. The van der Waals surface area contributed by atoms with Crippen molar-refractivity contribution in [2.75, 3.05) is 0 Å². The number of carbonyl (C=O) groups is 1. The topological polar surface area (TPSA) is 37.3 Å². The molecular formula is C8H6BrClO2. The maximum absolute atomic E-state index is 10.2. The Labute approximate surface area is 83.3 Å². The van der Waals surface area contributed by atoms with Crippen LogP contribution in [0.1, 0.15) is 5.56 Å². The number of halogens is 2. The molecule has 4 heteroatoms. The van der Waals surface area contributed by atoms with E-state index < -0.39 is 0 Å². The first kappa shape index (κ1) is 9.55. The molecule has 1 aromatic carbocycles. The van der Waals surface area contributed by atoms with E-state index in [0.29, 0.717) is 15.1 Å². The van der Waals surface area contributed by atoms with Gasteiger partial charge in [0, 0.05) is 17.0 Å². The van der Waals surface area contributed by atoms with Gasteiger partial charge in [-0.25, -0.2) is 0 Å². The average molecular weight is 249 g/mol. The number of carbonyl (C=O) groups excluding carboxylic acids is 1. The van der Waals surface area contributed by atoms with Gasteiger partial charge < -0.3 is 9.90 Å². The maximum atomic E-state index is 10.2. The monoisotopic (exact) mass is 248 g/mol. The highest BCUT2D eigenvalue weighted by Crippen LogP contribution is 2.31. The van der Waals surface area contributed by atoms with Crippen molar-refractivity contribution in [1.29, 1.82) is 0 Å². The molecule has 0 saturated heterocycles. The third kappa shape index (κ3) is 1.99. The molecule has 12 heavy (non-hydrogen) atoms. The number of hydrogen-bond donors (Lipinski definition) is 1. The molecule has 0 aliphatic rings. The first-order valence-corrected chi connectivity index (χ1v) is 4.42. The van der Waals surface area contributed by atoms with Crippen molar-refractivity contribution in [2.24, 2.45) is 0 Å². The molecule has 0 bridgehead atoms. The van der Waals surface area contributed by atoms with Crippen LogP contribution in [0.4, 0.5) is 0 Å². The van der Waals surface area contributed by atoms with Gasteiger partial charge in [0.25, 0.3) is 0 Å². The van der Waals surface area contributed by atoms with E-state index in [1.54, 1.807) is 12.1 Å². The fourth-order valence-electron chi connectivity index (χ4n) is 0.865. The fourth-order valence-corrected chi connectivity index (χ4v) is 1.74. The highest BCUT2D eigenvalue weighted by Gasteiger charge is 2.06. The van der Waals surface area contributed by atoms with E-state index in [1.807, 2.05) is 0 Å². The average Bonchev–Trinajstić information content (AvgIpc) is 2.00. The molecule has 1 aromatic rings. The van der Waals surface area contributed by atoms with Gasteiger partial charge in [-0.3, -0.25) is 0 Å². The summed E-state index contributed by atoms with van der Waals surface area (Å²) in [4.78, 5) is 10.2. The molecule has 0 spiro atoms. The minimum absolute atomic E-state index is 0.0755. The number of aromatic hydroxyl groups is 1. The van der Waals surface area contributed by atoms with Gasteiger partial charge in [0.2, 0.25) is 0 Å². The molecule has 1 N–H and O–H groups in total. The van der Waals surface area contributed by atoms with Crippen molar-refractivity contribution in [1.82, 2.24) is 0 Å². The van der Waals surface area contributed by atoms with E-state index in [-0.39, 0.29) is 12.2 Å². The summed E-state index contributed by atoms with van der Waals surface area (Å²) in [5.41, 5.74) is 0.532.